The number of hydrogen-bond acceptors (Lipinski definition) is 4. The normalized spacial score (nSPS) is 10.4. The first-order valence-corrected chi connectivity index (χ1v) is 5.45. The van der Waals surface area contributed by atoms with Gasteiger partial charge in [0, 0.05) is 0 Å². The maximum atomic E-state index is 11.0. The Bertz CT molecular complexity index is 556. The van der Waals surface area contributed by atoms with Gasteiger partial charge in [-0.3, -0.25) is 4.79 Å². The standard InChI is InChI=1S/C14H14N2O3/c1-3-6-19-12-5-4-10(8-13(12)18-2)7-11(9-15)14(16)17/h3-5,7-8H,1,6H2,2H3,(H2,16,17)/b11-7+. The van der Waals surface area contributed by atoms with Crippen molar-refractivity contribution in [1.82, 2.24) is 0 Å². The Kier molecular flexibility index (Phi) is 5.17. The van der Waals surface area contributed by atoms with Gasteiger partial charge in [0.05, 0.1) is 7.11 Å². The van der Waals surface area contributed by atoms with E-state index in [1.165, 1.54) is 13.2 Å². The first-order chi connectivity index (χ1) is 9.12. The first kappa shape index (κ1) is 14.3. The fourth-order valence-electron chi connectivity index (χ4n) is 1.37. The van der Waals surface area contributed by atoms with Gasteiger partial charge in [0.15, 0.2) is 11.5 Å². The number of methoxy groups -OCH3 is 1. The van der Waals surface area contributed by atoms with Crippen LogP contribution in [0.3, 0.4) is 0 Å². The number of carbonyl (C=O) groups excluding carboxylic acids is 1. The molecule has 0 fully saturated rings. The second-order valence-electron chi connectivity index (χ2n) is 3.54. The van der Waals surface area contributed by atoms with Crippen molar-refractivity contribution in [3.05, 3.63) is 42.0 Å². The molecule has 0 aliphatic carbocycles. The zero-order chi connectivity index (χ0) is 14.3. The van der Waals surface area contributed by atoms with Crippen LogP contribution in [0.5, 0.6) is 11.5 Å². The van der Waals surface area contributed by atoms with Gasteiger partial charge in [-0.25, -0.2) is 0 Å². The Balaban J connectivity index is 3.10. The summed E-state index contributed by atoms with van der Waals surface area (Å²) in [6.07, 6.45) is 3.01. The van der Waals surface area contributed by atoms with Gasteiger partial charge in [-0.15, -0.1) is 0 Å². The SMILES string of the molecule is C=CCOc1ccc(/C=C(\C#N)C(N)=O)cc1OC. The van der Waals surface area contributed by atoms with Crippen LogP contribution in [-0.2, 0) is 4.79 Å². The Morgan fingerprint density at radius 3 is 2.79 bits per heavy atom. The molecule has 19 heavy (non-hydrogen) atoms. The highest BCUT2D eigenvalue weighted by Crippen LogP contribution is 2.28. The van der Waals surface area contributed by atoms with Gasteiger partial charge in [-0.2, -0.15) is 5.26 Å². The summed E-state index contributed by atoms with van der Waals surface area (Å²) < 4.78 is 10.6. The van der Waals surface area contributed by atoms with Gasteiger partial charge in [0.1, 0.15) is 18.2 Å². The maximum absolute atomic E-state index is 11.0. The van der Waals surface area contributed by atoms with Crippen molar-refractivity contribution in [2.75, 3.05) is 13.7 Å². The number of primary amides is 1. The van der Waals surface area contributed by atoms with Gasteiger partial charge < -0.3 is 15.2 Å². The minimum atomic E-state index is -0.770. The molecular weight excluding hydrogens is 244 g/mol. The molecule has 0 saturated heterocycles. The zero-order valence-corrected chi connectivity index (χ0v) is 10.6. The number of amides is 1. The van der Waals surface area contributed by atoms with Crippen molar-refractivity contribution in [1.29, 1.82) is 5.26 Å². The van der Waals surface area contributed by atoms with Crippen LogP contribution in [0.15, 0.2) is 36.4 Å². The molecule has 1 amide bonds. The average Bonchev–Trinajstić information content (AvgIpc) is 2.42. The van der Waals surface area contributed by atoms with Crippen LogP contribution in [0.4, 0.5) is 0 Å². The fraction of sp³-hybridized carbons (Fsp3) is 0.143. The van der Waals surface area contributed by atoms with Crippen LogP contribution in [0.25, 0.3) is 6.08 Å². The summed E-state index contributed by atoms with van der Waals surface area (Å²) in [5.41, 5.74) is 5.56. The van der Waals surface area contributed by atoms with Crippen LogP contribution >= 0.6 is 0 Å². The number of ether oxygens (including phenoxy) is 2. The van der Waals surface area contributed by atoms with Gasteiger partial charge in [0.25, 0.3) is 5.91 Å². The molecule has 5 nitrogen and oxygen atoms in total. The van der Waals surface area contributed by atoms with E-state index in [-0.39, 0.29) is 5.57 Å². The Morgan fingerprint density at radius 1 is 1.53 bits per heavy atom. The molecule has 0 spiro atoms. The van der Waals surface area contributed by atoms with E-state index >= 15 is 0 Å². The highest BCUT2D eigenvalue weighted by molar-refractivity contribution is 6.00. The minimum Gasteiger partial charge on any atom is -0.493 e. The van der Waals surface area contributed by atoms with E-state index in [9.17, 15) is 4.79 Å². The van der Waals surface area contributed by atoms with E-state index in [2.05, 4.69) is 6.58 Å². The molecule has 98 valence electrons. The van der Waals surface area contributed by atoms with E-state index in [0.29, 0.717) is 23.7 Å². The number of nitriles is 1. The lowest BCUT2D eigenvalue weighted by Crippen LogP contribution is -2.12. The molecule has 5 heteroatoms. The number of nitrogens with zero attached hydrogens (tertiary/aromatic N) is 1. The molecule has 0 radical (unpaired) electrons. The average molecular weight is 258 g/mol. The predicted molar refractivity (Wildman–Crippen MR) is 71.5 cm³/mol. The second-order valence-corrected chi connectivity index (χ2v) is 3.54. The summed E-state index contributed by atoms with van der Waals surface area (Å²) in [5, 5.41) is 8.77. The summed E-state index contributed by atoms with van der Waals surface area (Å²) in [6, 6.07) is 6.77. The van der Waals surface area contributed by atoms with E-state index < -0.39 is 5.91 Å². The van der Waals surface area contributed by atoms with E-state index in [1.807, 2.05) is 0 Å². The number of nitrogens with two attached hydrogens (primary N) is 1. The third-order valence-electron chi connectivity index (χ3n) is 2.24. The molecule has 1 rings (SSSR count). The molecule has 0 atom stereocenters. The van der Waals surface area contributed by atoms with Crippen molar-refractivity contribution in [3.63, 3.8) is 0 Å². The van der Waals surface area contributed by atoms with Crippen LogP contribution in [0.2, 0.25) is 0 Å². The molecule has 0 unspecified atom stereocenters. The highest BCUT2D eigenvalue weighted by Gasteiger charge is 2.07. The highest BCUT2D eigenvalue weighted by atomic mass is 16.5. The Hall–Kier alpha value is -2.74. The lowest BCUT2D eigenvalue weighted by atomic mass is 10.1. The van der Waals surface area contributed by atoms with Gasteiger partial charge in [-0.05, 0) is 23.8 Å². The van der Waals surface area contributed by atoms with Crippen molar-refractivity contribution < 1.29 is 14.3 Å². The molecule has 0 bridgehead atoms. The minimum absolute atomic E-state index is 0.123. The zero-order valence-electron chi connectivity index (χ0n) is 10.6. The summed E-state index contributed by atoms with van der Waals surface area (Å²) in [7, 11) is 1.50. The lowest BCUT2D eigenvalue weighted by molar-refractivity contribution is -0.114. The summed E-state index contributed by atoms with van der Waals surface area (Å²) in [5.74, 6) is 0.281. The van der Waals surface area contributed by atoms with Gasteiger partial charge in [0.2, 0.25) is 0 Å². The van der Waals surface area contributed by atoms with Crippen molar-refractivity contribution >= 4 is 12.0 Å². The number of carbonyl (C=O) groups is 1. The molecule has 0 aliphatic rings. The first-order valence-electron chi connectivity index (χ1n) is 5.45. The van der Waals surface area contributed by atoms with E-state index in [1.54, 1.807) is 30.3 Å². The van der Waals surface area contributed by atoms with Crippen molar-refractivity contribution in [2.45, 2.75) is 0 Å². The van der Waals surface area contributed by atoms with Crippen molar-refractivity contribution in [2.24, 2.45) is 5.73 Å². The fourth-order valence-corrected chi connectivity index (χ4v) is 1.37. The van der Waals surface area contributed by atoms with E-state index in [4.69, 9.17) is 20.5 Å². The summed E-state index contributed by atoms with van der Waals surface area (Å²) >= 11 is 0. The van der Waals surface area contributed by atoms with Crippen LogP contribution in [-0.4, -0.2) is 19.6 Å². The van der Waals surface area contributed by atoms with Gasteiger partial charge in [-0.1, -0.05) is 18.7 Å². The molecule has 0 aromatic heterocycles. The largest absolute Gasteiger partial charge is 0.493 e. The Labute approximate surface area is 111 Å². The molecular formula is C14H14N2O3. The topological polar surface area (TPSA) is 85.3 Å². The Morgan fingerprint density at radius 2 is 2.26 bits per heavy atom. The molecule has 2 N–H and O–H groups in total. The third kappa shape index (κ3) is 3.89. The third-order valence-corrected chi connectivity index (χ3v) is 2.24. The summed E-state index contributed by atoms with van der Waals surface area (Å²) in [4.78, 5) is 11.0. The van der Waals surface area contributed by atoms with Gasteiger partial charge >= 0.3 is 0 Å². The van der Waals surface area contributed by atoms with Crippen molar-refractivity contribution in [3.8, 4) is 17.6 Å². The van der Waals surface area contributed by atoms with Crippen LogP contribution in [0, 0.1) is 11.3 Å². The number of rotatable bonds is 6. The number of benzene rings is 1. The predicted octanol–water partition coefficient (Wildman–Crippen LogP) is 1.65. The molecule has 0 saturated carbocycles. The maximum Gasteiger partial charge on any atom is 0.259 e. The monoisotopic (exact) mass is 258 g/mol. The molecule has 0 aliphatic heterocycles. The quantitative estimate of drug-likeness (QED) is 0.477. The summed E-state index contributed by atoms with van der Waals surface area (Å²) in [6.45, 7) is 3.91. The molecule has 0 heterocycles. The lowest BCUT2D eigenvalue weighted by Gasteiger charge is -2.09. The van der Waals surface area contributed by atoms with Crippen LogP contribution < -0.4 is 15.2 Å². The molecule has 1 aromatic carbocycles. The van der Waals surface area contributed by atoms with Crippen LogP contribution in [0.1, 0.15) is 5.56 Å². The smallest absolute Gasteiger partial charge is 0.259 e. The molecule has 1 aromatic rings. The second kappa shape index (κ2) is 6.87. The number of hydrogen-bond donors (Lipinski definition) is 1. The van der Waals surface area contributed by atoms with E-state index in [0.717, 1.165) is 0 Å².